The second-order valence-corrected chi connectivity index (χ2v) is 5.34. The molecule has 20 heavy (non-hydrogen) atoms. The summed E-state index contributed by atoms with van der Waals surface area (Å²) in [6.07, 6.45) is 8.61. The maximum Gasteiger partial charge on any atom is 0.223 e. The number of amides is 1. The summed E-state index contributed by atoms with van der Waals surface area (Å²) in [5.74, 6) is 1.26. The van der Waals surface area contributed by atoms with E-state index in [4.69, 9.17) is 4.74 Å². The SMILES string of the molecule is CCCCOCCCNC(=O)C1CCn2ccnc2C1. The molecule has 0 spiro atoms. The van der Waals surface area contributed by atoms with Crippen molar-refractivity contribution in [2.24, 2.45) is 5.92 Å². The first-order chi connectivity index (χ1) is 9.81. The van der Waals surface area contributed by atoms with Crippen molar-refractivity contribution in [3.05, 3.63) is 18.2 Å². The van der Waals surface area contributed by atoms with Gasteiger partial charge in [-0.15, -0.1) is 0 Å². The number of ether oxygens (including phenoxy) is 1. The lowest BCUT2D eigenvalue weighted by atomic mass is 9.97. The first-order valence-electron chi connectivity index (χ1n) is 7.66. The number of hydrogen-bond donors (Lipinski definition) is 1. The molecule has 5 heteroatoms. The molecular weight excluding hydrogens is 254 g/mol. The molecule has 2 rings (SSSR count). The molecule has 0 saturated heterocycles. The van der Waals surface area contributed by atoms with Crippen LogP contribution in [0, 0.1) is 5.92 Å². The Morgan fingerprint density at radius 3 is 3.20 bits per heavy atom. The molecule has 2 heterocycles. The highest BCUT2D eigenvalue weighted by Crippen LogP contribution is 2.18. The zero-order chi connectivity index (χ0) is 14.2. The average Bonchev–Trinajstić information content (AvgIpc) is 2.93. The second kappa shape index (κ2) is 8.04. The fourth-order valence-corrected chi connectivity index (χ4v) is 2.45. The summed E-state index contributed by atoms with van der Waals surface area (Å²) in [7, 11) is 0. The van der Waals surface area contributed by atoms with E-state index in [0.717, 1.165) is 57.7 Å². The molecule has 1 N–H and O–H groups in total. The Kier molecular flexibility index (Phi) is 6.05. The summed E-state index contributed by atoms with van der Waals surface area (Å²) >= 11 is 0. The van der Waals surface area contributed by atoms with Crippen molar-refractivity contribution >= 4 is 5.91 Å². The van der Waals surface area contributed by atoms with Gasteiger partial charge >= 0.3 is 0 Å². The summed E-state index contributed by atoms with van der Waals surface area (Å²) in [4.78, 5) is 16.4. The molecule has 5 nitrogen and oxygen atoms in total. The summed E-state index contributed by atoms with van der Waals surface area (Å²) < 4.78 is 7.60. The van der Waals surface area contributed by atoms with E-state index in [1.165, 1.54) is 0 Å². The van der Waals surface area contributed by atoms with Gasteiger partial charge in [-0.25, -0.2) is 4.98 Å². The monoisotopic (exact) mass is 279 g/mol. The molecule has 1 aromatic heterocycles. The van der Waals surface area contributed by atoms with Crippen molar-refractivity contribution in [3.63, 3.8) is 0 Å². The Bertz CT molecular complexity index is 417. The molecule has 1 aromatic rings. The minimum atomic E-state index is 0.0749. The van der Waals surface area contributed by atoms with E-state index in [-0.39, 0.29) is 11.8 Å². The topological polar surface area (TPSA) is 56.1 Å². The Hall–Kier alpha value is -1.36. The molecule has 0 aromatic carbocycles. The van der Waals surface area contributed by atoms with Crippen molar-refractivity contribution < 1.29 is 9.53 Å². The molecule has 0 saturated carbocycles. The van der Waals surface area contributed by atoms with E-state index in [1.807, 2.05) is 12.4 Å². The van der Waals surface area contributed by atoms with Gasteiger partial charge in [0.1, 0.15) is 5.82 Å². The van der Waals surface area contributed by atoms with E-state index in [2.05, 4.69) is 21.8 Å². The molecule has 0 aliphatic carbocycles. The lowest BCUT2D eigenvalue weighted by Gasteiger charge is -2.22. The number of carbonyl (C=O) groups excluding carboxylic acids is 1. The number of hydrogen-bond acceptors (Lipinski definition) is 3. The number of unbranched alkanes of at least 4 members (excludes halogenated alkanes) is 1. The van der Waals surface area contributed by atoms with E-state index in [0.29, 0.717) is 6.54 Å². The number of rotatable bonds is 8. The van der Waals surface area contributed by atoms with Crippen LogP contribution in [0.3, 0.4) is 0 Å². The summed E-state index contributed by atoms with van der Waals surface area (Å²) in [6.45, 7) is 5.31. The minimum Gasteiger partial charge on any atom is -0.381 e. The molecule has 112 valence electrons. The largest absolute Gasteiger partial charge is 0.381 e. The standard InChI is InChI=1S/C15H25N3O2/c1-2-3-10-20-11-4-6-17-15(19)13-5-8-18-9-7-16-14(18)12-13/h7,9,13H,2-6,8,10-12H2,1H3,(H,17,19). The van der Waals surface area contributed by atoms with Crippen LogP contribution in [0.15, 0.2) is 12.4 Å². The van der Waals surface area contributed by atoms with Crippen LogP contribution < -0.4 is 5.32 Å². The Balaban J connectivity index is 1.59. The second-order valence-electron chi connectivity index (χ2n) is 5.34. The van der Waals surface area contributed by atoms with Gasteiger partial charge < -0.3 is 14.6 Å². The van der Waals surface area contributed by atoms with Gasteiger partial charge in [-0.3, -0.25) is 4.79 Å². The van der Waals surface area contributed by atoms with Gasteiger partial charge in [0.2, 0.25) is 5.91 Å². The first kappa shape index (κ1) is 15.0. The lowest BCUT2D eigenvalue weighted by molar-refractivity contribution is -0.125. The van der Waals surface area contributed by atoms with Gasteiger partial charge in [-0.1, -0.05) is 13.3 Å². The van der Waals surface area contributed by atoms with Gasteiger partial charge in [-0.05, 0) is 19.3 Å². The van der Waals surface area contributed by atoms with Gasteiger partial charge in [0, 0.05) is 51.0 Å². The number of aromatic nitrogens is 2. The quantitative estimate of drug-likeness (QED) is 0.738. The third-order valence-electron chi connectivity index (χ3n) is 3.73. The van der Waals surface area contributed by atoms with Crippen LogP contribution in [0.1, 0.15) is 38.4 Å². The van der Waals surface area contributed by atoms with Crippen LogP contribution >= 0.6 is 0 Å². The maximum atomic E-state index is 12.1. The minimum absolute atomic E-state index is 0.0749. The molecule has 1 unspecified atom stereocenters. The highest BCUT2D eigenvalue weighted by Gasteiger charge is 2.24. The summed E-state index contributed by atoms with van der Waals surface area (Å²) in [5.41, 5.74) is 0. The predicted molar refractivity (Wildman–Crippen MR) is 77.4 cm³/mol. The van der Waals surface area contributed by atoms with Gasteiger partial charge in [0.05, 0.1) is 0 Å². The van der Waals surface area contributed by atoms with E-state index >= 15 is 0 Å². The van der Waals surface area contributed by atoms with Crippen LogP contribution in [-0.4, -0.2) is 35.2 Å². The van der Waals surface area contributed by atoms with Crippen molar-refractivity contribution in [1.29, 1.82) is 0 Å². The fourth-order valence-electron chi connectivity index (χ4n) is 2.45. The molecule has 1 aliphatic heterocycles. The summed E-state index contributed by atoms with van der Waals surface area (Å²) in [6, 6.07) is 0. The highest BCUT2D eigenvalue weighted by molar-refractivity contribution is 5.78. The molecule has 0 radical (unpaired) electrons. The number of fused-ring (bicyclic) bond motifs is 1. The molecule has 0 fully saturated rings. The number of carbonyl (C=O) groups is 1. The number of aryl methyl sites for hydroxylation is 1. The number of nitrogens with zero attached hydrogens (tertiary/aromatic N) is 2. The number of imidazole rings is 1. The van der Waals surface area contributed by atoms with Gasteiger partial charge in [0.15, 0.2) is 0 Å². The highest BCUT2D eigenvalue weighted by atomic mass is 16.5. The van der Waals surface area contributed by atoms with Crippen LogP contribution in [-0.2, 0) is 22.5 Å². The normalized spacial score (nSPS) is 17.8. The molecule has 1 atom stereocenters. The van der Waals surface area contributed by atoms with Crippen molar-refractivity contribution in [3.8, 4) is 0 Å². The van der Waals surface area contributed by atoms with Crippen LogP contribution in [0.5, 0.6) is 0 Å². The number of nitrogens with one attached hydrogen (secondary N) is 1. The molecule has 0 bridgehead atoms. The van der Waals surface area contributed by atoms with Crippen molar-refractivity contribution in [1.82, 2.24) is 14.9 Å². The lowest BCUT2D eigenvalue weighted by Crippen LogP contribution is -2.36. The third kappa shape index (κ3) is 4.34. The van der Waals surface area contributed by atoms with Gasteiger partial charge in [0.25, 0.3) is 0 Å². The van der Waals surface area contributed by atoms with E-state index in [9.17, 15) is 4.79 Å². The van der Waals surface area contributed by atoms with Gasteiger partial charge in [-0.2, -0.15) is 0 Å². The van der Waals surface area contributed by atoms with Crippen molar-refractivity contribution in [2.45, 2.75) is 45.6 Å². The first-order valence-corrected chi connectivity index (χ1v) is 7.66. The third-order valence-corrected chi connectivity index (χ3v) is 3.73. The molecule has 1 aliphatic rings. The van der Waals surface area contributed by atoms with Crippen LogP contribution in [0.25, 0.3) is 0 Å². The molecule has 1 amide bonds. The Morgan fingerprint density at radius 2 is 2.35 bits per heavy atom. The molecular formula is C15H25N3O2. The zero-order valence-electron chi connectivity index (χ0n) is 12.3. The van der Waals surface area contributed by atoms with E-state index < -0.39 is 0 Å². The Morgan fingerprint density at radius 1 is 1.50 bits per heavy atom. The van der Waals surface area contributed by atoms with Crippen molar-refractivity contribution in [2.75, 3.05) is 19.8 Å². The van der Waals surface area contributed by atoms with E-state index in [1.54, 1.807) is 0 Å². The van der Waals surface area contributed by atoms with Crippen LogP contribution in [0.4, 0.5) is 0 Å². The predicted octanol–water partition coefficient (Wildman–Crippen LogP) is 1.77. The zero-order valence-corrected chi connectivity index (χ0v) is 12.3. The summed E-state index contributed by atoms with van der Waals surface area (Å²) in [5, 5.41) is 3.01. The van der Waals surface area contributed by atoms with Crippen LogP contribution in [0.2, 0.25) is 0 Å². The maximum absolute atomic E-state index is 12.1. The smallest absolute Gasteiger partial charge is 0.223 e. The fraction of sp³-hybridized carbons (Fsp3) is 0.733. The average molecular weight is 279 g/mol. The Labute approximate surface area is 120 Å².